The predicted octanol–water partition coefficient (Wildman–Crippen LogP) is 1.89. The molecule has 19 heavy (non-hydrogen) atoms. The van der Waals surface area contributed by atoms with Gasteiger partial charge in [-0.05, 0) is 19.1 Å². The van der Waals surface area contributed by atoms with Crippen molar-refractivity contribution in [1.82, 2.24) is 9.78 Å². The van der Waals surface area contributed by atoms with Crippen molar-refractivity contribution < 1.29 is 19.7 Å². The second-order valence-corrected chi connectivity index (χ2v) is 3.88. The zero-order valence-corrected chi connectivity index (χ0v) is 10.4. The zero-order valence-electron chi connectivity index (χ0n) is 10.4. The van der Waals surface area contributed by atoms with E-state index < -0.39 is 5.97 Å². The van der Waals surface area contributed by atoms with Crippen molar-refractivity contribution in [3.05, 3.63) is 41.7 Å². The van der Waals surface area contributed by atoms with Gasteiger partial charge in [0.1, 0.15) is 12.2 Å². The smallest absolute Gasteiger partial charge is 0.339 e. The number of aromatic hydroxyl groups is 1. The van der Waals surface area contributed by atoms with E-state index in [4.69, 9.17) is 9.84 Å². The lowest BCUT2D eigenvalue weighted by Gasteiger charge is -2.10. The first-order valence-corrected chi connectivity index (χ1v) is 5.82. The third-order valence-corrected chi connectivity index (χ3v) is 2.71. The number of rotatable bonds is 5. The molecule has 0 saturated carbocycles. The van der Waals surface area contributed by atoms with Crippen LogP contribution in [0.5, 0.6) is 11.5 Å². The highest BCUT2D eigenvalue weighted by Crippen LogP contribution is 2.25. The Labute approximate surface area is 109 Å². The van der Waals surface area contributed by atoms with Gasteiger partial charge in [-0.15, -0.1) is 0 Å². The summed E-state index contributed by atoms with van der Waals surface area (Å²) in [4.78, 5) is 11.1. The first kappa shape index (κ1) is 12.9. The average molecular weight is 262 g/mol. The lowest BCUT2D eigenvalue weighted by molar-refractivity contribution is 0.0693. The minimum Gasteiger partial charge on any atom is -0.504 e. The van der Waals surface area contributed by atoms with E-state index in [-0.39, 0.29) is 17.9 Å². The Kier molecular flexibility index (Phi) is 3.70. The number of para-hydroxylation sites is 2. The molecule has 0 aliphatic heterocycles. The Bertz CT molecular complexity index is 592. The first-order valence-electron chi connectivity index (χ1n) is 5.82. The van der Waals surface area contributed by atoms with Gasteiger partial charge in [-0.2, -0.15) is 5.10 Å². The number of carboxylic acid groups (broad SMARTS) is 1. The summed E-state index contributed by atoms with van der Waals surface area (Å²) >= 11 is 0. The standard InChI is InChI=1S/C13H14N2O4/c1-2-15-10(9(7-14-15)13(17)18)8-19-12-6-4-3-5-11(12)16/h3-7,16H,2,8H2,1H3,(H,17,18). The van der Waals surface area contributed by atoms with Crippen LogP contribution in [0.25, 0.3) is 0 Å². The highest BCUT2D eigenvalue weighted by atomic mass is 16.5. The number of carboxylic acids is 1. The van der Waals surface area contributed by atoms with Crippen LogP contribution in [-0.2, 0) is 13.2 Å². The molecule has 2 N–H and O–H groups in total. The Morgan fingerprint density at radius 2 is 2.16 bits per heavy atom. The number of benzene rings is 1. The van der Waals surface area contributed by atoms with E-state index in [1.54, 1.807) is 22.9 Å². The summed E-state index contributed by atoms with van der Waals surface area (Å²) in [7, 11) is 0. The van der Waals surface area contributed by atoms with Gasteiger partial charge in [-0.1, -0.05) is 12.1 Å². The molecule has 0 amide bonds. The molecule has 0 bridgehead atoms. The molecule has 0 aliphatic carbocycles. The second kappa shape index (κ2) is 5.43. The van der Waals surface area contributed by atoms with Gasteiger partial charge in [-0.3, -0.25) is 4.68 Å². The average Bonchev–Trinajstić information content (AvgIpc) is 2.81. The van der Waals surface area contributed by atoms with Crippen LogP contribution in [0.3, 0.4) is 0 Å². The van der Waals surface area contributed by atoms with Gasteiger partial charge >= 0.3 is 5.97 Å². The van der Waals surface area contributed by atoms with Crippen LogP contribution in [0.15, 0.2) is 30.5 Å². The lowest BCUT2D eigenvalue weighted by atomic mass is 10.2. The summed E-state index contributed by atoms with van der Waals surface area (Å²) in [5.41, 5.74) is 0.579. The van der Waals surface area contributed by atoms with Crippen LogP contribution < -0.4 is 4.74 Å². The van der Waals surface area contributed by atoms with Crippen LogP contribution in [0, 0.1) is 0 Å². The molecule has 0 saturated heterocycles. The maximum absolute atomic E-state index is 11.1. The van der Waals surface area contributed by atoms with Gasteiger partial charge in [0.15, 0.2) is 11.5 Å². The molecule has 2 rings (SSSR count). The van der Waals surface area contributed by atoms with Crippen molar-refractivity contribution in [2.24, 2.45) is 0 Å². The molecule has 6 heteroatoms. The monoisotopic (exact) mass is 262 g/mol. The van der Waals surface area contributed by atoms with Crippen molar-refractivity contribution in [2.45, 2.75) is 20.1 Å². The molecule has 1 heterocycles. The largest absolute Gasteiger partial charge is 0.504 e. The van der Waals surface area contributed by atoms with Crippen LogP contribution in [0.1, 0.15) is 23.0 Å². The van der Waals surface area contributed by atoms with Gasteiger partial charge in [0.2, 0.25) is 0 Å². The third kappa shape index (κ3) is 2.67. The van der Waals surface area contributed by atoms with E-state index in [9.17, 15) is 9.90 Å². The van der Waals surface area contributed by atoms with E-state index in [1.807, 2.05) is 6.92 Å². The fourth-order valence-corrected chi connectivity index (χ4v) is 1.74. The fraction of sp³-hybridized carbons (Fsp3) is 0.231. The topological polar surface area (TPSA) is 84.6 Å². The van der Waals surface area contributed by atoms with Gasteiger partial charge in [0.25, 0.3) is 0 Å². The van der Waals surface area contributed by atoms with Gasteiger partial charge in [0, 0.05) is 6.54 Å². The number of aromatic carboxylic acids is 1. The maximum Gasteiger partial charge on any atom is 0.339 e. The molecular formula is C13H14N2O4. The summed E-state index contributed by atoms with van der Waals surface area (Å²) in [5, 5.41) is 22.6. The molecule has 6 nitrogen and oxygen atoms in total. The molecule has 1 aromatic heterocycles. The summed E-state index contributed by atoms with van der Waals surface area (Å²) in [6, 6.07) is 6.53. The van der Waals surface area contributed by atoms with Crippen molar-refractivity contribution in [1.29, 1.82) is 0 Å². The van der Waals surface area contributed by atoms with Crippen LogP contribution in [0.2, 0.25) is 0 Å². The Morgan fingerprint density at radius 1 is 1.42 bits per heavy atom. The molecule has 100 valence electrons. The molecule has 0 fully saturated rings. The van der Waals surface area contributed by atoms with Crippen molar-refractivity contribution in [3.8, 4) is 11.5 Å². The normalized spacial score (nSPS) is 10.4. The number of hydrogen-bond acceptors (Lipinski definition) is 4. The number of ether oxygens (including phenoxy) is 1. The molecule has 0 radical (unpaired) electrons. The van der Waals surface area contributed by atoms with E-state index >= 15 is 0 Å². The highest BCUT2D eigenvalue weighted by molar-refractivity contribution is 5.88. The Hall–Kier alpha value is -2.50. The number of carbonyl (C=O) groups is 1. The minimum atomic E-state index is -1.05. The zero-order chi connectivity index (χ0) is 13.8. The number of aromatic nitrogens is 2. The van der Waals surface area contributed by atoms with Crippen molar-refractivity contribution in [3.63, 3.8) is 0 Å². The number of phenolic OH excluding ortho intramolecular Hbond substituents is 1. The summed E-state index contributed by atoms with van der Waals surface area (Å²) in [6.07, 6.45) is 1.30. The first-order chi connectivity index (χ1) is 9.13. The molecular weight excluding hydrogens is 248 g/mol. The van der Waals surface area contributed by atoms with E-state index in [0.717, 1.165) is 0 Å². The van der Waals surface area contributed by atoms with Crippen LogP contribution in [0.4, 0.5) is 0 Å². The number of aryl methyl sites for hydroxylation is 1. The summed E-state index contributed by atoms with van der Waals surface area (Å²) in [6.45, 7) is 2.45. The SMILES string of the molecule is CCn1ncc(C(=O)O)c1COc1ccccc1O. The summed E-state index contributed by atoms with van der Waals surface area (Å²) in [5.74, 6) is -0.722. The van der Waals surface area contributed by atoms with Crippen LogP contribution in [-0.4, -0.2) is 26.0 Å². The predicted molar refractivity (Wildman–Crippen MR) is 67.3 cm³/mol. The summed E-state index contributed by atoms with van der Waals surface area (Å²) < 4.78 is 7.00. The Balaban J connectivity index is 2.21. The molecule has 2 aromatic rings. The number of hydrogen-bond donors (Lipinski definition) is 2. The van der Waals surface area contributed by atoms with Gasteiger partial charge < -0.3 is 14.9 Å². The number of phenols is 1. The van der Waals surface area contributed by atoms with Crippen LogP contribution >= 0.6 is 0 Å². The lowest BCUT2D eigenvalue weighted by Crippen LogP contribution is -2.10. The van der Waals surface area contributed by atoms with E-state index in [1.165, 1.54) is 12.3 Å². The molecule has 0 spiro atoms. The quantitative estimate of drug-likeness (QED) is 0.859. The molecule has 1 aromatic carbocycles. The molecule has 0 unspecified atom stereocenters. The second-order valence-electron chi connectivity index (χ2n) is 3.88. The minimum absolute atomic E-state index is 0.0157. The van der Waals surface area contributed by atoms with Gasteiger partial charge in [0.05, 0.1) is 11.9 Å². The number of nitrogens with zero attached hydrogens (tertiary/aromatic N) is 2. The fourth-order valence-electron chi connectivity index (χ4n) is 1.74. The molecule has 0 aliphatic rings. The van der Waals surface area contributed by atoms with Crippen molar-refractivity contribution in [2.75, 3.05) is 0 Å². The van der Waals surface area contributed by atoms with E-state index in [0.29, 0.717) is 18.0 Å². The maximum atomic E-state index is 11.1. The Morgan fingerprint density at radius 3 is 2.79 bits per heavy atom. The van der Waals surface area contributed by atoms with Crippen molar-refractivity contribution >= 4 is 5.97 Å². The highest BCUT2D eigenvalue weighted by Gasteiger charge is 2.16. The van der Waals surface area contributed by atoms with Gasteiger partial charge in [-0.25, -0.2) is 4.79 Å². The molecule has 0 atom stereocenters. The van der Waals surface area contributed by atoms with E-state index in [2.05, 4.69) is 5.10 Å². The third-order valence-electron chi connectivity index (χ3n) is 2.71.